The molecule has 16 heteroatoms. The number of piperidine rings is 1. The van der Waals surface area contributed by atoms with Crippen molar-refractivity contribution in [3.05, 3.63) is 107 Å². The molecule has 0 unspecified atom stereocenters. The number of carbonyl (C=O) groups excluding carboxylic acids is 5. The molecule has 1 aliphatic heterocycles. The van der Waals surface area contributed by atoms with Gasteiger partial charge in [0, 0.05) is 38.8 Å². The van der Waals surface area contributed by atoms with Crippen LogP contribution >= 0.6 is 0 Å². The van der Waals surface area contributed by atoms with Gasteiger partial charge in [-0.1, -0.05) is 80.6 Å². The van der Waals surface area contributed by atoms with Crippen molar-refractivity contribution in [1.29, 1.82) is 0 Å². The molecule has 1 aliphatic rings. The molecule has 5 rings (SSSR count). The lowest BCUT2D eigenvalue weighted by molar-refractivity contribution is -0.139. The Labute approximate surface area is 344 Å². The van der Waals surface area contributed by atoms with E-state index in [0.29, 0.717) is 57.4 Å². The van der Waals surface area contributed by atoms with Crippen molar-refractivity contribution < 1.29 is 24.0 Å². The van der Waals surface area contributed by atoms with Gasteiger partial charge in [-0.2, -0.15) is 0 Å². The Balaban J connectivity index is 1.25. The van der Waals surface area contributed by atoms with Crippen LogP contribution in [0.3, 0.4) is 0 Å². The highest BCUT2D eigenvalue weighted by atomic mass is 16.2. The van der Waals surface area contributed by atoms with Crippen molar-refractivity contribution in [2.24, 2.45) is 17.4 Å². The van der Waals surface area contributed by atoms with Gasteiger partial charge in [-0.15, -0.1) is 9.78 Å². The first-order chi connectivity index (χ1) is 28.4. The molecule has 4 aromatic rings. The first-order valence-electron chi connectivity index (χ1n) is 20.4. The summed E-state index contributed by atoms with van der Waals surface area (Å²) >= 11 is 0. The number of aromatic nitrogens is 3. The number of pyridine rings is 1. The Morgan fingerprint density at radius 3 is 1.97 bits per heavy atom. The number of amides is 5. The molecule has 16 nitrogen and oxygen atoms in total. The molecule has 0 aliphatic carbocycles. The highest BCUT2D eigenvalue weighted by Gasteiger charge is 2.35. The third-order valence-electron chi connectivity index (χ3n) is 10.7. The topological polar surface area (TPSA) is 219 Å². The van der Waals surface area contributed by atoms with E-state index in [1.165, 1.54) is 9.30 Å². The third kappa shape index (κ3) is 12.1. The number of fused-ring (bicyclic) bond motifs is 1. The molecule has 4 atom stereocenters. The Bertz CT molecular complexity index is 2080. The average molecular weight is 811 g/mol. The minimum atomic E-state index is -1.03. The molecule has 2 aromatic heterocycles. The van der Waals surface area contributed by atoms with E-state index in [-0.39, 0.29) is 37.1 Å². The number of rotatable bonds is 18. The van der Waals surface area contributed by atoms with Gasteiger partial charge in [-0.05, 0) is 80.7 Å². The van der Waals surface area contributed by atoms with Gasteiger partial charge in [0.1, 0.15) is 18.1 Å². The predicted octanol–water partition coefficient (Wildman–Crippen LogP) is 1.83. The molecular formula is C43H58N10O6. The molecule has 1 saturated heterocycles. The van der Waals surface area contributed by atoms with E-state index >= 15 is 0 Å². The molecule has 2 aromatic carbocycles. The smallest absolute Gasteiger partial charge is 0.343 e. The molecule has 1 fully saturated rings. The van der Waals surface area contributed by atoms with Gasteiger partial charge in [-0.25, -0.2) is 14.0 Å². The van der Waals surface area contributed by atoms with Crippen molar-refractivity contribution in [3.8, 4) is 0 Å². The summed E-state index contributed by atoms with van der Waals surface area (Å²) < 4.78 is 2.15. The summed E-state index contributed by atoms with van der Waals surface area (Å²) in [6.45, 7) is 4.93. The first-order valence-corrected chi connectivity index (χ1v) is 20.4. The zero-order chi connectivity index (χ0) is 42.5. The van der Waals surface area contributed by atoms with E-state index in [1.54, 1.807) is 36.3 Å². The van der Waals surface area contributed by atoms with Crippen LogP contribution in [0.1, 0.15) is 63.5 Å². The lowest BCUT2D eigenvalue weighted by atomic mass is 9.99. The summed E-state index contributed by atoms with van der Waals surface area (Å²) in [5, 5.41) is 12.8. The van der Waals surface area contributed by atoms with Crippen LogP contribution in [0.15, 0.2) is 89.9 Å². The van der Waals surface area contributed by atoms with Crippen molar-refractivity contribution in [2.45, 2.75) is 95.4 Å². The molecule has 7 N–H and O–H groups in total. The summed E-state index contributed by atoms with van der Waals surface area (Å²) in [6, 6.07) is 19.0. The highest BCUT2D eigenvalue weighted by molar-refractivity contribution is 5.95. The molecule has 0 radical (unpaired) electrons. The first kappa shape index (κ1) is 44.2. The number of nitrogens with one attached hydrogen (secondary N) is 3. The molecule has 59 heavy (non-hydrogen) atoms. The van der Waals surface area contributed by atoms with Crippen LogP contribution in [0, 0.1) is 5.92 Å². The van der Waals surface area contributed by atoms with Crippen molar-refractivity contribution >= 4 is 35.3 Å². The fourth-order valence-electron chi connectivity index (χ4n) is 7.34. The second kappa shape index (κ2) is 21.2. The summed E-state index contributed by atoms with van der Waals surface area (Å²) in [5.74, 6) is -1.83. The molecule has 316 valence electrons. The van der Waals surface area contributed by atoms with Gasteiger partial charge in [0.15, 0.2) is 5.65 Å². The lowest BCUT2D eigenvalue weighted by Crippen LogP contribution is -2.59. The van der Waals surface area contributed by atoms with E-state index in [2.05, 4.69) is 21.0 Å². The van der Waals surface area contributed by atoms with E-state index in [4.69, 9.17) is 11.5 Å². The van der Waals surface area contributed by atoms with Gasteiger partial charge in [0.05, 0.1) is 6.04 Å². The minimum Gasteiger partial charge on any atom is -0.343 e. The van der Waals surface area contributed by atoms with Crippen molar-refractivity contribution in [3.63, 3.8) is 0 Å². The van der Waals surface area contributed by atoms with E-state index in [9.17, 15) is 28.8 Å². The normalized spacial score (nSPS) is 15.3. The molecule has 0 saturated carbocycles. The summed E-state index contributed by atoms with van der Waals surface area (Å²) in [7, 11) is 1.62. The second-order valence-corrected chi connectivity index (χ2v) is 15.7. The van der Waals surface area contributed by atoms with Crippen LogP contribution < -0.4 is 33.1 Å². The minimum absolute atomic E-state index is 0.00552. The largest absolute Gasteiger partial charge is 0.359 e. The standard InChI is InChI=1S/C43H58N10O6/c1-29(2)26-35(48-40(56)36(28-31-16-8-5-9-17-31)47-38(54)33(45)27-30-14-6-4-7-15-30)39(55)46-34(18-10-12-22-44)41(57)51-24-20-32(21-25-51)50(3)42(58)53-43(59)52-23-13-11-19-37(52)49-53/h4-9,11,13-17,19,23,29,32-36H,10,12,18,20-22,24-28,44-45H2,1-3H3,(H,46,55)(H,47,54)(H,48,56)/t33-,34-,35-,36-/m1/s1. The third-order valence-corrected chi connectivity index (χ3v) is 10.7. The monoisotopic (exact) mass is 810 g/mol. The van der Waals surface area contributed by atoms with E-state index in [1.807, 2.05) is 74.5 Å². The summed E-state index contributed by atoms with van der Waals surface area (Å²) in [6.07, 6.45) is 4.76. The molecule has 3 heterocycles. The fourth-order valence-corrected chi connectivity index (χ4v) is 7.34. The summed E-state index contributed by atoms with van der Waals surface area (Å²) in [5.41, 5.74) is 13.6. The van der Waals surface area contributed by atoms with Crippen LogP contribution in [0.25, 0.3) is 5.65 Å². The maximum absolute atomic E-state index is 14.1. The van der Waals surface area contributed by atoms with Crippen molar-refractivity contribution in [2.75, 3.05) is 26.7 Å². The lowest BCUT2D eigenvalue weighted by Gasteiger charge is -2.38. The number of hydrogen-bond acceptors (Lipinski definition) is 9. The Kier molecular flexibility index (Phi) is 15.9. The van der Waals surface area contributed by atoms with Crippen LogP contribution in [0.2, 0.25) is 0 Å². The molecule has 5 amide bonds. The van der Waals surface area contributed by atoms with Crippen LogP contribution in [0.5, 0.6) is 0 Å². The van der Waals surface area contributed by atoms with Crippen LogP contribution in [0.4, 0.5) is 4.79 Å². The van der Waals surface area contributed by atoms with Crippen molar-refractivity contribution in [1.82, 2.24) is 39.9 Å². The highest BCUT2D eigenvalue weighted by Crippen LogP contribution is 2.19. The van der Waals surface area contributed by atoms with Gasteiger partial charge in [0.2, 0.25) is 23.6 Å². The van der Waals surface area contributed by atoms with Gasteiger partial charge >= 0.3 is 11.7 Å². The molecule has 0 spiro atoms. The Morgan fingerprint density at radius 2 is 1.36 bits per heavy atom. The molecule has 0 bridgehead atoms. The van der Waals surface area contributed by atoms with Gasteiger partial charge in [0.25, 0.3) is 0 Å². The number of unbranched alkanes of at least 4 members (excludes halogenated alkanes) is 1. The van der Waals surface area contributed by atoms with Crippen LogP contribution in [-0.2, 0) is 32.0 Å². The van der Waals surface area contributed by atoms with Gasteiger partial charge < -0.3 is 37.2 Å². The van der Waals surface area contributed by atoms with Crippen LogP contribution in [-0.4, -0.2) is 111 Å². The Hall–Kier alpha value is -5.87. The van der Waals surface area contributed by atoms with E-state index < -0.39 is 53.6 Å². The number of benzene rings is 2. The maximum Gasteiger partial charge on any atom is 0.359 e. The number of nitrogens with zero attached hydrogens (tertiary/aromatic N) is 5. The Morgan fingerprint density at radius 1 is 0.780 bits per heavy atom. The quantitative estimate of drug-likeness (QED) is 0.0925. The second-order valence-electron chi connectivity index (χ2n) is 15.7. The van der Waals surface area contributed by atoms with E-state index in [0.717, 1.165) is 15.8 Å². The fraction of sp³-hybridized carbons (Fsp3) is 0.465. The van der Waals surface area contributed by atoms with Gasteiger partial charge in [-0.3, -0.25) is 19.2 Å². The summed E-state index contributed by atoms with van der Waals surface area (Å²) in [4.78, 5) is 84.9. The number of hydrogen-bond donors (Lipinski definition) is 5. The zero-order valence-electron chi connectivity index (χ0n) is 34.2. The number of carbonyl (C=O) groups is 5. The number of nitrogens with two attached hydrogens (primary N) is 2. The SMILES string of the molecule is CC(C)C[C@@H](NC(=O)[C@@H](Cc1ccccc1)NC(=O)[C@H](N)Cc1ccccc1)C(=O)N[C@H](CCCCN)C(=O)N1CCC(N(C)C(=O)n2nc3ccccn3c2=O)CC1. The predicted molar refractivity (Wildman–Crippen MR) is 224 cm³/mol. The molecular weight excluding hydrogens is 753 g/mol. The maximum atomic E-state index is 14.1. The number of likely N-dealkylation sites (tertiary alicyclic amines) is 1. The zero-order valence-corrected chi connectivity index (χ0v) is 34.2. The average Bonchev–Trinajstić information content (AvgIpc) is 3.58.